The molecule has 2 amide bonds. The third kappa shape index (κ3) is 3.76. The van der Waals surface area contributed by atoms with Gasteiger partial charge in [0.1, 0.15) is 0 Å². The second kappa shape index (κ2) is 6.29. The lowest BCUT2D eigenvalue weighted by molar-refractivity contribution is -0.119. The predicted octanol–water partition coefficient (Wildman–Crippen LogP) is -0.175. The Hall–Kier alpha value is -1.94. The van der Waals surface area contributed by atoms with Gasteiger partial charge >= 0.3 is 0 Å². The molecule has 19 heavy (non-hydrogen) atoms. The Morgan fingerprint density at radius 1 is 1.47 bits per heavy atom. The number of hydrazine groups is 1. The van der Waals surface area contributed by atoms with Crippen molar-refractivity contribution in [1.29, 1.82) is 0 Å². The molecule has 2 aromatic heterocycles. The van der Waals surface area contributed by atoms with Gasteiger partial charge in [-0.15, -0.1) is 16.4 Å². The fourth-order valence-electron chi connectivity index (χ4n) is 1.11. The molecule has 10 heteroatoms. The van der Waals surface area contributed by atoms with Crippen molar-refractivity contribution >= 4 is 34.9 Å². The molecule has 0 unspecified atom stereocenters. The van der Waals surface area contributed by atoms with Crippen molar-refractivity contribution in [2.24, 2.45) is 7.05 Å². The molecular formula is C9H10N6O2S2. The predicted molar refractivity (Wildman–Crippen MR) is 69.4 cm³/mol. The molecule has 0 radical (unpaired) electrons. The van der Waals surface area contributed by atoms with Crippen LogP contribution in [0, 0.1) is 0 Å². The molecule has 100 valence electrons. The summed E-state index contributed by atoms with van der Waals surface area (Å²) in [4.78, 5) is 23.6. The van der Waals surface area contributed by atoms with Crippen LogP contribution in [0.2, 0.25) is 0 Å². The lowest BCUT2D eigenvalue weighted by Crippen LogP contribution is -2.42. The Balaban J connectivity index is 1.73. The first-order valence-corrected chi connectivity index (χ1v) is 7.01. The van der Waals surface area contributed by atoms with Gasteiger partial charge in [-0.05, 0) is 21.9 Å². The molecule has 0 saturated carbocycles. The van der Waals surface area contributed by atoms with Crippen molar-refractivity contribution in [1.82, 2.24) is 31.1 Å². The first-order chi connectivity index (χ1) is 9.16. The van der Waals surface area contributed by atoms with Gasteiger partial charge in [-0.1, -0.05) is 17.8 Å². The fourth-order valence-corrected chi connectivity index (χ4v) is 2.37. The van der Waals surface area contributed by atoms with Crippen molar-refractivity contribution in [2.45, 2.75) is 5.16 Å². The lowest BCUT2D eigenvalue weighted by atomic mass is 10.4. The van der Waals surface area contributed by atoms with Gasteiger partial charge in [0, 0.05) is 7.05 Å². The average Bonchev–Trinajstić information content (AvgIpc) is 3.05. The number of carbonyl (C=O) groups excluding carboxylic acids is 2. The molecular weight excluding hydrogens is 288 g/mol. The summed E-state index contributed by atoms with van der Waals surface area (Å²) >= 11 is 2.47. The summed E-state index contributed by atoms with van der Waals surface area (Å²) in [6.07, 6.45) is 0. The Labute approximate surface area is 116 Å². The molecule has 8 nitrogen and oxygen atoms in total. The summed E-state index contributed by atoms with van der Waals surface area (Å²) in [5, 5.41) is 13.1. The molecule has 2 N–H and O–H groups in total. The summed E-state index contributed by atoms with van der Waals surface area (Å²) in [5.74, 6) is -0.564. The zero-order valence-corrected chi connectivity index (χ0v) is 11.5. The molecule has 0 atom stereocenters. The maximum atomic E-state index is 11.5. The Morgan fingerprint density at radius 2 is 2.32 bits per heavy atom. The first kappa shape index (κ1) is 13.5. The normalized spacial score (nSPS) is 10.2. The molecule has 2 heterocycles. The molecule has 0 aliphatic rings. The van der Waals surface area contributed by atoms with E-state index in [1.165, 1.54) is 27.8 Å². The van der Waals surface area contributed by atoms with E-state index in [-0.39, 0.29) is 17.6 Å². The van der Waals surface area contributed by atoms with E-state index < -0.39 is 0 Å². The number of hydrogen-bond acceptors (Lipinski definition) is 7. The standard InChI is InChI=1S/C9H10N6O2S2/c1-15-9(12-13-14-15)19-5-7(16)10-11-8(17)6-3-2-4-18-6/h2-4H,5H2,1H3,(H,10,16)(H,11,17). The van der Waals surface area contributed by atoms with E-state index in [0.717, 1.165) is 0 Å². The van der Waals surface area contributed by atoms with Crippen LogP contribution >= 0.6 is 23.1 Å². The summed E-state index contributed by atoms with van der Waals surface area (Å²) in [6, 6.07) is 3.43. The minimum atomic E-state index is -0.339. The SMILES string of the molecule is Cn1nnnc1SCC(=O)NNC(=O)c1cccs1. The number of thiophene rings is 1. The fraction of sp³-hybridized carbons (Fsp3) is 0.222. The van der Waals surface area contributed by atoms with Crippen LogP contribution < -0.4 is 10.9 Å². The average molecular weight is 298 g/mol. The number of tetrazole rings is 1. The molecule has 0 aliphatic carbocycles. The zero-order chi connectivity index (χ0) is 13.7. The smallest absolute Gasteiger partial charge is 0.272 e. The van der Waals surface area contributed by atoms with Crippen molar-refractivity contribution in [3.8, 4) is 0 Å². The Morgan fingerprint density at radius 3 is 2.95 bits per heavy atom. The van der Waals surface area contributed by atoms with E-state index in [1.54, 1.807) is 24.6 Å². The van der Waals surface area contributed by atoms with Gasteiger partial charge in [-0.3, -0.25) is 20.4 Å². The topological polar surface area (TPSA) is 102 Å². The second-order valence-corrected chi connectivity index (χ2v) is 5.24. The van der Waals surface area contributed by atoms with Crippen LogP contribution in [-0.2, 0) is 11.8 Å². The lowest BCUT2D eigenvalue weighted by Gasteiger charge is -2.05. The number of nitrogens with one attached hydrogen (secondary N) is 2. The molecule has 0 saturated heterocycles. The highest BCUT2D eigenvalue weighted by Gasteiger charge is 2.10. The van der Waals surface area contributed by atoms with Gasteiger partial charge in [0.15, 0.2) is 0 Å². The van der Waals surface area contributed by atoms with Crippen LogP contribution in [-0.4, -0.2) is 37.8 Å². The maximum absolute atomic E-state index is 11.5. The van der Waals surface area contributed by atoms with Crippen LogP contribution in [0.1, 0.15) is 9.67 Å². The van der Waals surface area contributed by atoms with Crippen LogP contribution in [0.4, 0.5) is 0 Å². The third-order valence-electron chi connectivity index (χ3n) is 1.97. The van der Waals surface area contributed by atoms with E-state index >= 15 is 0 Å². The molecule has 2 aromatic rings. The number of nitrogens with zero attached hydrogens (tertiary/aromatic N) is 4. The second-order valence-electron chi connectivity index (χ2n) is 3.35. The molecule has 0 bridgehead atoms. The summed E-state index contributed by atoms with van der Waals surface area (Å²) in [5.41, 5.74) is 4.65. The highest BCUT2D eigenvalue weighted by Crippen LogP contribution is 2.11. The van der Waals surface area contributed by atoms with Gasteiger partial charge in [0.05, 0.1) is 10.6 Å². The van der Waals surface area contributed by atoms with Crippen molar-refractivity contribution in [2.75, 3.05) is 5.75 Å². The largest absolute Gasteiger partial charge is 0.279 e. The van der Waals surface area contributed by atoms with Gasteiger partial charge in [0.25, 0.3) is 5.91 Å². The molecule has 0 aromatic carbocycles. The maximum Gasteiger partial charge on any atom is 0.279 e. The van der Waals surface area contributed by atoms with Crippen LogP contribution in [0.25, 0.3) is 0 Å². The number of aromatic nitrogens is 4. The van der Waals surface area contributed by atoms with E-state index in [4.69, 9.17) is 0 Å². The third-order valence-corrected chi connectivity index (χ3v) is 3.85. The van der Waals surface area contributed by atoms with E-state index in [2.05, 4.69) is 26.4 Å². The molecule has 0 fully saturated rings. The highest BCUT2D eigenvalue weighted by atomic mass is 32.2. The number of amides is 2. The monoisotopic (exact) mass is 298 g/mol. The summed E-state index contributed by atoms with van der Waals surface area (Å²) in [6.45, 7) is 0. The molecule has 2 rings (SSSR count). The summed E-state index contributed by atoms with van der Waals surface area (Å²) in [7, 11) is 1.68. The van der Waals surface area contributed by atoms with E-state index in [1.807, 2.05) is 0 Å². The first-order valence-electron chi connectivity index (χ1n) is 5.14. The van der Waals surface area contributed by atoms with Crippen molar-refractivity contribution in [3.63, 3.8) is 0 Å². The Bertz CT molecular complexity index is 567. The number of aryl methyl sites for hydroxylation is 1. The highest BCUT2D eigenvalue weighted by molar-refractivity contribution is 7.99. The van der Waals surface area contributed by atoms with Gasteiger partial charge in [-0.2, -0.15) is 0 Å². The van der Waals surface area contributed by atoms with Crippen LogP contribution in [0.5, 0.6) is 0 Å². The molecule has 0 spiro atoms. The van der Waals surface area contributed by atoms with Gasteiger partial charge in [0.2, 0.25) is 11.1 Å². The minimum absolute atomic E-state index is 0.110. The quantitative estimate of drug-likeness (QED) is 0.600. The summed E-state index contributed by atoms with van der Waals surface area (Å²) < 4.78 is 1.46. The Kier molecular flexibility index (Phi) is 4.47. The number of hydrogen-bond donors (Lipinski definition) is 2. The van der Waals surface area contributed by atoms with Crippen molar-refractivity contribution in [3.05, 3.63) is 22.4 Å². The van der Waals surface area contributed by atoms with E-state index in [0.29, 0.717) is 10.0 Å². The molecule has 0 aliphatic heterocycles. The number of carbonyl (C=O) groups is 2. The minimum Gasteiger partial charge on any atom is -0.272 e. The van der Waals surface area contributed by atoms with E-state index in [9.17, 15) is 9.59 Å². The zero-order valence-electron chi connectivity index (χ0n) is 9.86. The van der Waals surface area contributed by atoms with Gasteiger partial charge in [-0.25, -0.2) is 4.68 Å². The number of thioether (sulfide) groups is 1. The van der Waals surface area contributed by atoms with Crippen LogP contribution in [0.3, 0.4) is 0 Å². The van der Waals surface area contributed by atoms with Crippen molar-refractivity contribution < 1.29 is 9.59 Å². The van der Waals surface area contributed by atoms with Crippen LogP contribution in [0.15, 0.2) is 22.7 Å². The van der Waals surface area contributed by atoms with Gasteiger partial charge < -0.3 is 0 Å². The number of rotatable bonds is 4.